The monoisotopic (exact) mass is 494 g/mol. The first-order valence-corrected chi connectivity index (χ1v) is 13.1. The molecule has 3 aromatic rings. The Bertz CT molecular complexity index is 1020. The van der Waals surface area contributed by atoms with Crippen LogP contribution in [0.1, 0.15) is 22.3 Å². The van der Waals surface area contributed by atoms with Crippen molar-refractivity contribution >= 4 is 30.4 Å². The van der Waals surface area contributed by atoms with Crippen LogP contribution in [0.25, 0.3) is 0 Å². The Morgan fingerprint density at radius 2 is 1.30 bits per heavy atom. The molecule has 5 heteroatoms. The van der Waals surface area contributed by atoms with Crippen molar-refractivity contribution in [1.29, 1.82) is 0 Å². The molecule has 0 radical (unpaired) electrons. The molecule has 0 amide bonds. The van der Waals surface area contributed by atoms with Gasteiger partial charge in [-0.15, -0.1) is 0 Å². The van der Waals surface area contributed by atoms with E-state index in [0.29, 0.717) is 0 Å². The van der Waals surface area contributed by atoms with Gasteiger partial charge in [-0.25, -0.2) is 0 Å². The standard InChI is InChI=1S/C22H23IO3S/c1-16-10-12-21(13-11-16)27(24,25)26-23(20-8-6-5-7-9-20)22-18(3)14-17(2)15-19(22)4/h5-15H,1-4H3. The topological polar surface area (TPSA) is 43.4 Å². The Morgan fingerprint density at radius 1 is 0.741 bits per heavy atom. The first kappa shape index (κ1) is 20.0. The fourth-order valence-corrected chi connectivity index (χ4v) is 10.6. The Hall–Kier alpha value is -1.70. The van der Waals surface area contributed by atoms with Gasteiger partial charge >= 0.3 is 170 Å². The summed E-state index contributed by atoms with van der Waals surface area (Å²) < 4.78 is 34.0. The molecule has 142 valence electrons. The SMILES string of the molecule is Cc1ccc(S(=O)(=O)OI(c2ccccc2)c2c(C)cc(C)cc2C)cc1. The summed E-state index contributed by atoms with van der Waals surface area (Å²) in [6, 6.07) is 20.7. The van der Waals surface area contributed by atoms with Gasteiger partial charge in [0.25, 0.3) is 0 Å². The summed E-state index contributed by atoms with van der Waals surface area (Å²) in [5.41, 5.74) is 4.35. The van der Waals surface area contributed by atoms with E-state index in [0.717, 1.165) is 23.8 Å². The molecule has 3 aromatic carbocycles. The molecule has 0 spiro atoms. The van der Waals surface area contributed by atoms with Gasteiger partial charge in [-0.2, -0.15) is 0 Å². The molecule has 0 aromatic heterocycles. The van der Waals surface area contributed by atoms with Gasteiger partial charge in [0, 0.05) is 0 Å². The summed E-state index contributed by atoms with van der Waals surface area (Å²) in [4.78, 5) is 0.203. The van der Waals surface area contributed by atoms with Gasteiger partial charge in [-0.05, 0) is 0 Å². The number of halogens is 1. The minimum absolute atomic E-state index is 0.203. The van der Waals surface area contributed by atoms with E-state index in [9.17, 15) is 8.42 Å². The van der Waals surface area contributed by atoms with Gasteiger partial charge in [-0.1, -0.05) is 0 Å². The molecule has 0 saturated heterocycles. The zero-order valence-corrected chi connectivity index (χ0v) is 18.8. The third-order valence-electron chi connectivity index (χ3n) is 4.14. The van der Waals surface area contributed by atoms with Crippen LogP contribution in [-0.2, 0) is 12.6 Å². The van der Waals surface area contributed by atoms with Crippen molar-refractivity contribution in [2.45, 2.75) is 32.6 Å². The van der Waals surface area contributed by atoms with Gasteiger partial charge in [-0.3, -0.25) is 0 Å². The average molecular weight is 494 g/mol. The second-order valence-electron chi connectivity index (χ2n) is 6.59. The van der Waals surface area contributed by atoms with E-state index in [1.54, 1.807) is 24.3 Å². The zero-order chi connectivity index (χ0) is 19.6. The van der Waals surface area contributed by atoms with Crippen molar-refractivity contribution in [1.82, 2.24) is 0 Å². The van der Waals surface area contributed by atoms with Crippen LogP contribution < -0.4 is 0 Å². The number of rotatable bonds is 5. The molecule has 0 atom stereocenters. The molecular formula is C22H23IO3S. The maximum atomic E-state index is 13.0. The van der Waals surface area contributed by atoms with Gasteiger partial charge in [0.05, 0.1) is 0 Å². The molecule has 0 fully saturated rings. The normalized spacial score (nSPS) is 12.1. The zero-order valence-electron chi connectivity index (χ0n) is 15.9. The molecule has 0 bridgehead atoms. The van der Waals surface area contributed by atoms with Gasteiger partial charge < -0.3 is 0 Å². The van der Waals surface area contributed by atoms with E-state index in [1.165, 1.54) is 5.56 Å². The van der Waals surface area contributed by atoms with Crippen LogP contribution in [-0.4, -0.2) is 8.42 Å². The van der Waals surface area contributed by atoms with Crippen LogP contribution in [0.5, 0.6) is 0 Å². The number of hydrogen-bond acceptors (Lipinski definition) is 3. The fraction of sp³-hybridized carbons (Fsp3) is 0.182. The van der Waals surface area contributed by atoms with Crippen LogP contribution in [0.15, 0.2) is 71.6 Å². The van der Waals surface area contributed by atoms with Crippen molar-refractivity contribution in [3.8, 4) is 0 Å². The van der Waals surface area contributed by atoms with Crippen LogP contribution in [0.4, 0.5) is 0 Å². The van der Waals surface area contributed by atoms with Crippen molar-refractivity contribution in [2.24, 2.45) is 0 Å². The summed E-state index contributed by atoms with van der Waals surface area (Å²) in [7, 11) is -3.85. The molecule has 27 heavy (non-hydrogen) atoms. The van der Waals surface area contributed by atoms with E-state index in [-0.39, 0.29) is 4.90 Å². The molecule has 0 aliphatic rings. The molecular weight excluding hydrogens is 471 g/mol. The van der Waals surface area contributed by atoms with Crippen LogP contribution in [0.3, 0.4) is 0 Å². The summed E-state index contributed by atoms with van der Waals surface area (Å²) in [6.07, 6.45) is 0. The average Bonchev–Trinajstić information content (AvgIpc) is 2.61. The van der Waals surface area contributed by atoms with E-state index >= 15 is 0 Å². The van der Waals surface area contributed by atoms with Gasteiger partial charge in [0.1, 0.15) is 0 Å². The fourth-order valence-electron chi connectivity index (χ4n) is 2.96. The number of aryl methyl sites for hydroxylation is 4. The Kier molecular flexibility index (Phi) is 6.03. The maximum absolute atomic E-state index is 13.0. The molecule has 0 aliphatic carbocycles. The predicted molar refractivity (Wildman–Crippen MR) is 118 cm³/mol. The van der Waals surface area contributed by atoms with E-state index in [1.807, 2.05) is 51.1 Å². The number of hydrogen-bond donors (Lipinski definition) is 0. The van der Waals surface area contributed by atoms with E-state index in [2.05, 4.69) is 19.1 Å². The number of benzene rings is 3. The van der Waals surface area contributed by atoms with Crippen molar-refractivity contribution in [3.63, 3.8) is 0 Å². The molecule has 0 aliphatic heterocycles. The summed E-state index contributed by atoms with van der Waals surface area (Å²) in [5, 5.41) is 0. The van der Waals surface area contributed by atoms with Gasteiger partial charge in [0.15, 0.2) is 0 Å². The van der Waals surface area contributed by atoms with Crippen LogP contribution >= 0.6 is 20.2 Å². The van der Waals surface area contributed by atoms with Crippen molar-refractivity contribution in [2.75, 3.05) is 0 Å². The summed E-state index contributed by atoms with van der Waals surface area (Å²) >= 11 is -2.67. The third-order valence-corrected chi connectivity index (χ3v) is 12.3. The molecule has 0 unspecified atom stereocenters. The Balaban J connectivity index is 2.11. The minimum atomic E-state index is -3.85. The molecule has 3 nitrogen and oxygen atoms in total. The Labute approximate surface area is 169 Å². The van der Waals surface area contributed by atoms with Gasteiger partial charge in [0.2, 0.25) is 0 Å². The third kappa shape index (κ3) is 4.59. The van der Waals surface area contributed by atoms with Crippen LogP contribution in [0.2, 0.25) is 0 Å². The van der Waals surface area contributed by atoms with E-state index in [4.69, 9.17) is 2.51 Å². The van der Waals surface area contributed by atoms with Crippen LogP contribution in [0, 0.1) is 34.8 Å². The second-order valence-corrected chi connectivity index (χ2v) is 12.9. The Morgan fingerprint density at radius 3 is 1.85 bits per heavy atom. The first-order valence-electron chi connectivity index (χ1n) is 8.62. The summed E-state index contributed by atoms with van der Waals surface area (Å²) in [6.45, 7) is 8.04. The van der Waals surface area contributed by atoms with E-state index < -0.39 is 30.4 Å². The molecule has 0 heterocycles. The molecule has 0 N–H and O–H groups in total. The van der Waals surface area contributed by atoms with Crippen molar-refractivity contribution < 1.29 is 10.9 Å². The summed E-state index contributed by atoms with van der Waals surface area (Å²) in [5.74, 6) is 0. The first-order chi connectivity index (χ1) is 12.8. The molecule has 3 rings (SSSR count). The quantitative estimate of drug-likeness (QED) is 0.422. The van der Waals surface area contributed by atoms with Crippen molar-refractivity contribution in [3.05, 3.63) is 96.1 Å². The molecule has 0 saturated carbocycles. The second kappa shape index (κ2) is 8.12. The predicted octanol–water partition coefficient (Wildman–Crippen LogP) is 5.79.